The monoisotopic (exact) mass is 190 g/mol. The summed E-state index contributed by atoms with van der Waals surface area (Å²) < 4.78 is 11.0. The predicted molar refractivity (Wildman–Crippen MR) is 55.8 cm³/mol. The number of hydrogen-bond acceptors (Lipinski definition) is 2. The van der Waals surface area contributed by atoms with Crippen LogP contribution in [0.15, 0.2) is 29.8 Å². The van der Waals surface area contributed by atoms with Gasteiger partial charge in [-0.15, -0.1) is 0 Å². The first-order valence-electron chi connectivity index (χ1n) is 4.63. The third-order valence-electron chi connectivity index (χ3n) is 2.78. The second-order valence-corrected chi connectivity index (χ2v) is 3.44. The fourth-order valence-electron chi connectivity index (χ4n) is 2.09. The number of rotatable bonds is 2. The molecule has 0 heterocycles. The van der Waals surface area contributed by atoms with E-state index in [-0.39, 0.29) is 0 Å². The zero-order chi connectivity index (χ0) is 10.2. The maximum absolute atomic E-state index is 5.50. The lowest BCUT2D eigenvalue weighted by Crippen LogP contribution is -2.29. The van der Waals surface area contributed by atoms with Crippen molar-refractivity contribution in [2.24, 2.45) is 0 Å². The summed E-state index contributed by atoms with van der Waals surface area (Å²) in [5, 5.41) is 0. The highest BCUT2D eigenvalue weighted by molar-refractivity contribution is 5.66. The first-order valence-corrected chi connectivity index (χ1v) is 4.63. The summed E-state index contributed by atoms with van der Waals surface area (Å²) in [7, 11) is 3.34. The van der Waals surface area contributed by atoms with E-state index >= 15 is 0 Å². The number of hydrogen-bond donors (Lipinski definition) is 0. The lowest BCUT2D eigenvalue weighted by atomic mass is 10.0. The molecule has 0 spiro atoms. The Kier molecular flexibility index (Phi) is 2.17. The minimum absolute atomic E-state index is 0.670. The molecule has 1 aliphatic rings. The molecule has 2 heteroatoms. The molecule has 1 aliphatic carbocycles. The normalized spacial score (nSPS) is 17.8. The molecule has 0 N–H and O–H groups in total. The zero-order valence-electron chi connectivity index (χ0n) is 8.70. The number of ether oxygens (including phenoxy) is 2. The Hall–Kier alpha value is -1.12. The Bertz CT molecular complexity index is 376. The minimum Gasteiger partial charge on any atom is -0.346 e. The molecule has 0 atom stereocenters. The first-order chi connectivity index (χ1) is 6.74. The quantitative estimate of drug-likeness (QED) is 0.667. The smallest absolute Gasteiger partial charge is 0.218 e. The predicted octanol–water partition coefficient (Wildman–Crippen LogP) is 2.55. The molecule has 2 nitrogen and oxygen atoms in total. The minimum atomic E-state index is -0.670. The van der Waals surface area contributed by atoms with Crippen molar-refractivity contribution in [2.75, 3.05) is 14.2 Å². The maximum Gasteiger partial charge on any atom is 0.218 e. The molecule has 14 heavy (non-hydrogen) atoms. The average molecular weight is 190 g/mol. The molecule has 0 saturated heterocycles. The molecule has 0 aliphatic heterocycles. The Morgan fingerprint density at radius 3 is 2.36 bits per heavy atom. The van der Waals surface area contributed by atoms with Crippen molar-refractivity contribution in [3.8, 4) is 0 Å². The van der Waals surface area contributed by atoms with Crippen molar-refractivity contribution in [2.45, 2.75) is 12.7 Å². The van der Waals surface area contributed by atoms with Gasteiger partial charge in [0.25, 0.3) is 0 Å². The van der Waals surface area contributed by atoms with Crippen molar-refractivity contribution in [3.63, 3.8) is 0 Å². The Morgan fingerprint density at radius 2 is 1.71 bits per heavy atom. The van der Waals surface area contributed by atoms with Crippen LogP contribution in [-0.2, 0) is 15.3 Å². The van der Waals surface area contributed by atoms with Crippen LogP contribution in [0.2, 0.25) is 0 Å². The highest BCUT2D eigenvalue weighted by Gasteiger charge is 2.39. The second-order valence-electron chi connectivity index (χ2n) is 3.44. The van der Waals surface area contributed by atoms with E-state index in [2.05, 4.69) is 12.1 Å². The SMILES string of the molecule is COC1(OC)C(C)=Cc2ccccc21. The van der Waals surface area contributed by atoms with E-state index in [9.17, 15) is 0 Å². The Morgan fingerprint density at radius 1 is 1.07 bits per heavy atom. The summed E-state index contributed by atoms with van der Waals surface area (Å²) in [6.07, 6.45) is 2.10. The largest absolute Gasteiger partial charge is 0.346 e. The fourth-order valence-corrected chi connectivity index (χ4v) is 2.09. The molecule has 0 radical (unpaired) electrons. The lowest BCUT2D eigenvalue weighted by molar-refractivity contribution is -0.184. The van der Waals surface area contributed by atoms with E-state index in [4.69, 9.17) is 9.47 Å². The Balaban J connectivity index is 2.60. The summed E-state index contributed by atoms with van der Waals surface area (Å²) in [6, 6.07) is 8.12. The van der Waals surface area contributed by atoms with E-state index in [0.29, 0.717) is 0 Å². The van der Waals surface area contributed by atoms with Gasteiger partial charge in [0.1, 0.15) is 0 Å². The van der Waals surface area contributed by atoms with Gasteiger partial charge in [-0.05, 0) is 24.1 Å². The zero-order valence-corrected chi connectivity index (χ0v) is 8.70. The van der Waals surface area contributed by atoms with Crippen LogP contribution in [0.5, 0.6) is 0 Å². The fraction of sp³-hybridized carbons (Fsp3) is 0.333. The van der Waals surface area contributed by atoms with E-state index in [0.717, 1.165) is 11.1 Å². The van der Waals surface area contributed by atoms with Crippen molar-refractivity contribution in [3.05, 3.63) is 41.0 Å². The van der Waals surface area contributed by atoms with E-state index in [1.807, 2.05) is 25.1 Å². The topological polar surface area (TPSA) is 18.5 Å². The highest BCUT2D eigenvalue weighted by Crippen LogP contribution is 2.42. The van der Waals surface area contributed by atoms with Gasteiger partial charge in [0.2, 0.25) is 5.79 Å². The average Bonchev–Trinajstić information content (AvgIpc) is 2.50. The van der Waals surface area contributed by atoms with Gasteiger partial charge in [-0.2, -0.15) is 0 Å². The summed E-state index contributed by atoms with van der Waals surface area (Å²) in [5.41, 5.74) is 3.35. The van der Waals surface area contributed by atoms with Crippen LogP contribution in [0.3, 0.4) is 0 Å². The maximum atomic E-state index is 5.50. The number of benzene rings is 1. The third kappa shape index (κ3) is 1.04. The van der Waals surface area contributed by atoms with Crippen LogP contribution in [-0.4, -0.2) is 14.2 Å². The van der Waals surface area contributed by atoms with Gasteiger partial charge < -0.3 is 9.47 Å². The van der Waals surface area contributed by atoms with Gasteiger partial charge in [-0.3, -0.25) is 0 Å². The summed E-state index contributed by atoms with van der Waals surface area (Å²) in [4.78, 5) is 0. The molecule has 2 rings (SSSR count). The van der Waals surface area contributed by atoms with Gasteiger partial charge >= 0.3 is 0 Å². The van der Waals surface area contributed by atoms with Crippen LogP contribution in [0.4, 0.5) is 0 Å². The Labute approximate surface area is 84.2 Å². The van der Waals surface area contributed by atoms with Crippen molar-refractivity contribution >= 4 is 6.08 Å². The van der Waals surface area contributed by atoms with Gasteiger partial charge in [0, 0.05) is 19.8 Å². The molecular formula is C12H14O2. The van der Waals surface area contributed by atoms with Crippen molar-refractivity contribution in [1.29, 1.82) is 0 Å². The standard InChI is InChI=1S/C12H14O2/c1-9-8-10-6-4-5-7-11(10)12(9,13-2)14-3/h4-8H,1-3H3. The first kappa shape index (κ1) is 9.44. The molecule has 74 valence electrons. The van der Waals surface area contributed by atoms with Crippen LogP contribution < -0.4 is 0 Å². The molecule has 0 aromatic heterocycles. The van der Waals surface area contributed by atoms with E-state index < -0.39 is 5.79 Å². The molecule has 1 aromatic rings. The van der Waals surface area contributed by atoms with Gasteiger partial charge in [0.05, 0.1) is 0 Å². The van der Waals surface area contributed by atoms with Gasteiger partial charge in [0.15, 0.2) is 0 Å². The van der Waals surface area contributed by atoms with Crippen molar-refractivity contribution < 1.29 is 9.47 Å². The number of methoxy groups -OCH3 is 2. The van der Waals surface area contributed by atoms with Crippen LogP contribution in [0.1, 0.15) is 18.1 Å². The third-order valence-corrected chi connectivity index (χ3v) is 2.78. The molecular weight excluding hydrogens is 176 g/mol. The molecule has 0 fully saturated rings. The van der Waals surface area contributed by atoms with Crippen LogP contribution in [0.25, 0.3) is 6.08 Å². The van der Waals surface area contributed by atoms with Gasteiger partial charge in [-0.1, -0.05) is 24.3 Å². The molecule has 1 aromatic carbocycles. The summed E-state index contributed by atoms with van der Waals surface area (Å²) in [5.74, 6) is -0.670. The van der Waals surface area contributed by atoms with Gasteiger partial charge in [-0.25, -0.2) is 0 Å². The van der Waals surface area contributed by atoms with Crippen molar-refractivity contribution in [1.82, 2.24) is 0 Å². The highest BCUT2D eigenvalue weighted by atomic mass is 16.7. The van der Waals surface area contributed by atoms with Crippen LogP contribution >= 0.6 is 0 Å². The summed E-state index contributed by atoms with van der Waals surface area (Å²) in [6.45, 7) is 2.02. The number of fused-ring (bicyclic) bond motifs is 1. The molecule has 0 bridgehead atoms. The van der Waals surface area contributed by atoms with E-state index in [1.165, 1.54) is 5.56 Å². The summed E-state index contributed by atoms with van der Waals surface area (Å²) >= 11 is 0. The second kappa shape index (κ2) is 3.23. The lowest BCUT2D eigenvalue weighted by Gasteiger charge is -2.29. The van der Waals surface area contributed by atoms with E-state index in [1.54, 1.807) is 14.2 Å². The van der Waals surface area contributed by atoms with Crippen LogP contribution in [0, 0.1) is 0 Å². The molecule has 0 amide bonds. The molecule has 0 saturated carbocycles. The molecule has 0 unspecified atom stereocenters.